The maximum atomic E-state index is 12.0. The normalized spacial score (nSPS) is 11.1. The smallest absolute Gasteiger partial charge is 0.355 e. The fourth-order valence-electron chi connectivity index (χ4n) is 1.80. The molecule has 0 aliphatic heterocycles. The lowest BCUT2D eigenvalue weighted by Gasteiger charge is -2.00. The number of halogens is 1. The number of carboxylic acids is 1. The lowest BCUT2D eigenvalue weighted by atomic mass is 10.3. The van der Waals surface area contributed by atoms with E-state index in [0.717, 1.165) is 21.6 Å². The fourth-order valence-corrected chi connectivity index (χ4v) is 3.60. The molecule has 20 heavy (non-hydrogen) atoms. The standard InChI is InChI=1S/C12H7ClN2O3S2/c13-6-1-2-9-8(3-6)15(12(18)20-9)4-10-14-7(5-19-10)11(16)17/h1-3,5H,4H2,(H,16,17). The van der Waals surface area contributed by atoms with Gasteiger partial charge in [-0.25, -0.2) is 9.78 Å². The first-order valence-electron chi connectivity index (χ1n) is 5.51. The van der Waals surface area contributed by atoms with Crippen LogP contribution in [0.15, 0.2) is 28.4 Å². The third-order valence-electron chi connectivity index (χ3n) is 2.69. The highest BCUT2D eigenvalue weighted by atomic mass is 35.5. The molecule has 0 saturated heterocycles. The molecule has 0 aliphatic rings. The van der Waals surface area contributed by atoms with Crippen LogP contribution in [0.3, 0.4) is 0 Å². The van der Waals surface area contributed by atoms with Crippen molar-refractivity contribution in [1.82, 2.24) is 9.55 Å². The van der Waals surface area contributed by atoms with Gasteiger partial charge in [-0.15, -0.1) is 11.3 Å². The Bertz CT molecular complexity index is 865. The Labute approximate surface area is 125 Å². The summed E-state index contributed by atoms with van der Waals surface area (Å²) in [6, 6.07) is 5.25. The summed E-state index contributed by atoms with van der Waals surface area (Å²) in [6.07, 6.45) is 0. The maximum absolute atomic E-state index is 12.0. The van der Waals surface area contributed by atoms with Crippen LogP contribution >= 0.6 is 34.3 Å². The molecule has 0 spiro atoms. The molecule has 2 heterocycles. The van der Waals surface area contributed by atoms with Crippen LogP contribution in [-0.4, -0.2) is 20.6 Å². The predicted octanol–water partition coefficient (Wildman–Crippen LogP) is 2.92. The molecule has 0 atom stereocenters. The second kappa shape index (κ2) is 5.01. The van der Waals surface area contributed by atoms with Crippen LogP contribution in [0.25, 0.3) is 10.2 Å². The van der Waals surface area contributed by atoms with Crippen LogP contribution < -0.4 is 4.87 Å². The Kier molecular flexibility index (Phi) is 3.33. The van der Waals surface area contributed by atoms with Gasteiger partial charge in [-0.05, 0) is 18.2 Å². The van der Waals surface area contributed by atoms with Crippen molar-refractivity contribution in [2.45, 2.75) is 6.54 Å². The van der Waals surface area contributed by atoms with Gasteiger partial charge in [0.15, 0.2) is 5.69 Å². The molecular formula is C12H7ClN2O3S2. The minimum atomic E-state index is -1.07. The van der Waals surface area contributed by atoms with Crippen molar-refractivity contribution in [3.8, 4) is 0 Å². The molecule has 0 aliphatic carbocycles. The Morgan fingerprint density at radius 3 is 2.95 bits per heavy atom. The van der Waals surface area contributed by atoms with Crippen molar-refractivity contribution in [2.75, 3.05) is 0 Å². The van der Waals surface area contributed by atoms with Crippen LogP contribution in [0.5, 0.6) is 0 Å². The SMILES string of the molecule is O=C(O)c1csc(Cn2c(=O)sc3ccc(Cl)cc32)n1. The number of hydrogen-bond donors (Lipinski definition) is 1. The van der Waals surface area contributed by atoms with Gasteiger partial charge in [0.1, 0.15) is 5.01 Å². The van der Waals surface area contributed by atoms with E-state index < -0.39 is 5.97 Å². The van der Waals surface area contributed by atoms with Crippen LogP contribution in [0.2, 0.25) is 5.02 Å². The number of aromatic nitrogens is 2. The fraction of sp³-hybridized carbons (Fsp3) is 0.0833. The summed E-state index contributed by atoms with van der Waals surface area (Å²) < 4.78 is 2.39. The van der Waals surface area contributed by atoms with Crippen LogP contribution in [0.1, 0.15) is 15.5 Å². The maximum Gasteiger partial charge on any atom is 0.355 e. The van der Waals surface area contributed by atoms with Crippen molar-refractivity contribution in [1.29, 1.82) is 0 Å². The Morgan fingerprint density at radius 2 is 2.25 bits per heavy atom. The monoisotopic (exact) mass is 326 g/mol. The molecule has 8 heteroatoms. The summed E-state index contributed by atoms with van der Waals surface area (Å²) in [5, 5.41) is 11.4. The summed E-state index contributed by atoms with van der Waals surface area (Å²) in [5.41, 5.74) is 0.732. The van der Waals surface area contributed by atoms with Gasteiger partial charge in [0, 0.05) is 10.4 Å². The highest BCUT2D eigenvalue weighted by Gasteiger charge is 2.13. The first-order chi connectivity index (χ1) is 9.54. The number of carboxylic acid groups (broad SMARTS) is 1. The predicted molar refractivity (Wildman–Crippen MR) is 79.3 cm³/mol. The summed E-state index contributed by atoms with van der Waals surface area (Å²) >= 11 is 8.29. The average molecular weight is 327 g/mol. The number of fused-ring (bicyclic) bond motifs is 1. The number of rotatable bonds is 3. The van der Waals surface area contributed by atoms with Gasteiger partial charge >= 0.3 is 10.8 Å². The van der Waals surface area contributed by atoms with E-state index >= 15 is 0 Å². The van der Waals surface area contributed by atoms with E-state index in [-0.39, 0.29) is 17.1 Å². The molecule has 0 saturated carbocycles. The van der Waals surface area contributed by atoms with Crippen molar-refractivity contribution < 1.29 is 9.90 Å². The van der Waals surface area contributed by atoms with Crippen molar-refractivity contribution >= 4 is 50.5 Å². The quantitative estimate of drug-likeness (QED) is 0.803. The third-order valence-corrected chi connectivity index (χ3v) is 4.72. The Balaban J connectivity index is 2.05. The number of aromatic carboxylic acids is 1. The highest BCUT2D eigenvalue weighted by molar-refractivity contribution is 7.16. The number of hydrogen-bond acceptors (Lipinski definition) is 5. The molecule has 0 unspecified atom stereocenters. The minimum absolute atomic E-state index is 0.00406. The molecule has 3 rings (SSSR count). The zero-order valence-corrected chi connectivity index (χ0v) is 12.3. The van der Waals surface area contributed by atoms with E-state index in [1.807, 2.05) is 0 Å². The molecule has 0 radical (unpaired) electrons. The van der Waals surface area contributed by atoms with E-state index in [0.29, 0.717) is 10.0 Å². The molecule has 5 nitrogen and oxygen atoms in total. The van der Waals surface area contributed by atoms with Gasteiger partial charge in [0.2, 0.25) is 0 Å². The molecule has 3 aromatic rings. The summed E-state index contributed by atoms with van der Waals surface area (Å²) in [6.45, 7) is 0.247. The van der Waals surface area contributed by atoms with Crippen molar-refractivity contribution in [2.24, 2.45) is 0 Å². The molecule has 1 N–H and O–H groups in total. The van der Waals surface area contributed by atoms with E-state index in [1.54, 1.807) is 22.8 Å². The van der Waals surface area contributed by atoms with Gasteiger partial charge < -0.3 is 5.11 Å². The van der Waals surface area contributed by atoms with E-state index in [4.69, 9.17) is 16.7 Å². The van der Waals surface area contributed by atoms with E-state index in [9.17, 15) is 9.59 Å². The molecule has 102 valence electrons. The second-order valence-corrected chi connectivity index (χ2v) is 6.37. The molecule has 0 bridgehead atoms. The first kappa shape index (κ1) is 13.3. The van der Waals surface area contributed by atoms with Crippen molar-refractivity contribution in [3.63, 3.8) is 0 Å². The number of thiazole rings is 2. The zero-order chi connectivity index (χ0) is 14.3. The van der Waals surface area contributed by atoms with Gasteiger partial charge in [-0.3, -0.25) is 9.36 Å². The summed E-state index contributed by atoms with van der Waals surface area (Å²) in [4.78, 5) is 26.7. The number of benzene rings is 1. The van der Waals surface area contributed by atoms with Gasteiger partial charge in [0.05, 0.1) is 16.8 Å². The minimum Gasteiger partial charge on any atom is -0.476 e. The third kappa shape index (κ3) is 2.35. The average Bonchev–Trinajstić information content (AvgIpc) is 2.97. The largest absolute Gasteiger partial charge is 0.476 e. The zero-order valence-electron chi connectivity index (χ0n) is 9.87. The lowest BCUT2D eigenvalue weighted by molar-refractivity contribution is 0.0691. The summed E-state index contributed by atoms with van der Waals surface area (Å²) in [5.74, 6) is -1.07. The summed E-state index contributed by atoms with van der Waals surface area (Å²) in [7, 11) is 0. The Hall–Kier alpha value is -1.70. The molecule has 0 amide bonds. The number of carbonyl (C=O) groups is 1. The lowest BCUT2D eigenvalue weighted by Crippen LogP contribution is -2.13. The van der Waals surface area contributed by atoms with Crippen LogP contribution in [0, 0.1) is 0 Å². The van der Waals surface area contributed by atoms with Gasteiger partial charge in [0.25, 0.3) is 0 Å². The topological polar surface area (TPSA) is 72.2 Å². The molecular weight excluding hydrogens is 320 g/mol. The van der Waals surface area contributed by atoms with Crippen molar-refractivity contribution in [3.05, 3.63) is 49.0 Å². The molecule has 0 fully saturated rings. The molecule has 1 aromatic carbocycles. The van der Waals surface area contributed by atoms with E-state index in [2.05, 4.69) is 4.98 Å². The van der Waals surface area contributed by atoms with Gasteiger partial charge in [-0.2, -0.15) is 0 Å². The van der Waals surface area contributed by atoms with Crippen LogP contribution in [-0.2, 0) is 6.54 Å². The Morgan fingerprint density at radius 1 is 1.45 bits per heavy atom. The van der Waals surface area contributed by atoms with Crippen LogP contribution in [0.4, 0.5) is 0 Å². The van der Waals surface area contributed by atoms with Gasteiger partial charge in [-0.1, -0.05) is 22.9 Å². The highest BCUT2D eigenvalue weighted by Crippen LogP contribution is 2.23. The number of nitrogens with zero attached hydrogens (tertiary/aromatic N) is 2. The first-order valence-corrected chi connectivity index (χ1v) is 7.58. The van der Waals surface area contributed by atoms with E-state index in [1.165, 1.54) is 16.7 Å². The second-order valence-electron chi connectivity index (χ2n) is 4.00. The molecule has 2 aromatic heterocycles.